The number of hydrazine groups is 1. The number of hydrogen-bond donors (Lipinski definition) is 3. The summed E-state index contributed by atoms with van der Waals surface area (Å²) in [6, 6.07) is 17.1. The molecule has 164 valence electrons. The average Bonchev–Trinajstić information content (AvgIpc) is 2.75. The minimum Gasteiger partial charge on any atom is -0.466 e. The molecular formula is C23H27N3O4S. The second-order valence-corrected chi connectivity index (χ2v) is 7.40. The molecule has 0 bridgehead atoms. The summed E-state index contributed by atoms with van der Waals surface area (Å²) in [5, 5.41) is 2.44. The fourth-order valence-electron chi connectivity index (χ4n) is 2.76. The Morgan fingerprint density at radius 1 is 0.935 bits per heavy atom. The van der Waals surface area contributed by atoms with E-state index in [1.165, 1.54) is 5.56 Å². The molecule has 2 aromatic carbocycles. The Hall–Kier alpha value is -3.26. The highest BCUT2D eigenvalue weighted by Crippen LogP contribution is 2.04. The van der Waals surface area contributed by atoms with E-state index in [0.717, 1.165) is 18.4 Å². The van der Waals surface area contributed by atoms with Crippen LogP contribution in [0.5, 0.6) is 0 Å². The number of aryl methyl sites for hydroxylation is 2. The van der Waals surface area contributed by atoms with Gasteiger partial charge in [0.25, 0.3) is 5.91 Å². The lowest BCUT2D eigenvalue weighted by molar-refractivity contribution is -0.143. The number of benzene rings is 2. The molecule has 0 radical (unpaired) electrons. The largest absolute Gasteiger partial charge is 0.466 e. The predicted octanol–water partition coefficient (Wildman–Crippen LogP) is 2.98. The minimum atomic E-state index is -0.365. The Balaban J connectivity index is 1.54. The normalized spacial score (nSPS) is 10.1. The monoisotopic (exact) mass is 441 g/mol. The zero-order valence-electron chi connectivity index (χ0n) is 17.5. The molecule has 31 heavy (non-hydrogen) atoms. The molecule has 0 atom stereocenters. The summed E-state index contributed by atoms with van der Waals surface area (Å²) in [6.45, 7) is 2.24. The third-order valence-electron chi connectivity index (χ3n) is 4.32. The van der Waals surface area contributed by atoms with Gasteiger partial charge in [0, 0.05) is 18.4 Å². The number of amides is 2. The quantitative estimate of drug-likeness (QED) is 0.240. The Morgan fingerprint density at radius 3 is 2.45 bits per heavy atom. The van der Waals surface area contributed by atoms with Crippen LogP contribution in [0.3, 0.4) is 0 Å². The van der Waals surface area contributed by atoms with Crippen molar-refractivity contribution in [1.29, 1.82) is 0 Å². The van der Waals surface area contributed by atoms with Crippen molar-refractivity contribution in [3.63, 3.8) is 0 Å². The number of nitrogens with one attached hydrogen (secondary N) is 3. The van der Waals surface area contributed by atoms with Gasteiger partial charge in [-0.25, -0.2) is 0 Å². The molecule has 2 aromatic rings. The lowest BCUT2D eigenvalue weighted by Crippen LogP contribution is -2.48. The van der Waals surface area contributed by atoms with Crippen molar-refractivity contribution in [1.82, 2.24) is 16.2 Å². The molecule has 7 nitrogen and oxygen atoms in total. The number of hydrogen-bond acceptors (Lipinski definition) is 5. The molecule has 8 heteroatoms. The van der Waals surface area contributed by atoms with Crippen LogP contribution in [-0.4, -0.2) is 29.5 Å². The number of ether oxygens (including phenoxy) is 1. The SMILES string of the molecule is Cc1cccc(C(=O)NNC(=S)NC(=O)CCCC(=O)OCCCc2ccccc2)c1. The third-order valence-corrected chi connectivity index (χ3v) is 4.53. The smallest absolute Gasteiger partial charge is 0.305 e. The molecule has 3 N–H and O–H groups in total. The zero-order chi connectivity index (χ0) is 22.5. The Morgan fingerprint density at radius 2 is 1.71 bits per heavy atom. The van der Waals surface area contributed by atoms with E-state index in [0.29, 0.717) is 18.6 Å². The first-order chi connectivity index (χ1) is 14.9. The van der Waals surface area contributed by atoms with Crippen LogP contribution in [0, 0.1) is 6.92 Å². The van der Waals surface area contributed by atoms with Crippen LogP contribution in [-0.2, 0) is 20.7 Å². The van der Waals surface area contributed by atoms with Crippen molar-refractivity contribution in [2.75, 3.05) is 6.61 Å². The van der Waals surface area contributed by atoms with Gasteiger partial charge in [0.2, 0.25) is 5.91 Å². The molecule has 0 saturated carbocycles. The van der Waals surface area contributed by atoms with Gasteiger partial charge in [-0.1, -0.05) is 48.0 Å². The Kier molecular flexibility index (Phi) is 10.2. The van der Waals surface area contributed by atoms with Crippen molar-refractivity contribution in [2.24, 2.45) is 0 Å². The van der Waals surface area contributed by atoms with Crippen LogP contribution in [0.15, 0.2) is 54.6 Å². The molecule has 0 spiro atoms. The summed E-state index contributed by atoms with van der Waals surface area (Å²) < 4.78 is 5.19. The maximum Gasteiger partial charge on any atom is 0.305 e. The van der Waals surface area contributed by atoms with Crippen LogP contribution in [0.4, 0.5) is 0 Å². The molecule has 2 rings (SSSR count). The van der Waals surface area contributed by atoms with Crippen LogP contribution in [0.2, 0.25) is 0 Å². The highest BCUT2D eigenvalue weighted by molar-refractivity contribution is 7.80. The van der Waals surface area contributed by atoms with Gasteiger partial charge in [-0.2, -0.15) is 0 Å². The van der Waals surface area contributed by atoms with E-state index in [1.54, 1.807) is 18.2 Å². The van der Waals surface area contributed by atoms with Crippen molar-refractivity contribution in [3.8, 4) is 0 Å². The number of rotatable bonds is 9. The lowest BCUT2D eigenvalue weighted by atomic mass is 10.1. The van der Waals surface area contributed by atoms with E-state index in [1.807, 2.05) is 43.3 Å². The second-order valence-electron chi connectivity index (χ2n) is 6.99. The summed E-state index contributed by atoms with van der Waals surface area (Å²) in [7, 11) is 0. The molecule has 0 saturated heterocycles. The fraction of sp³-hybridized carbons (Fsp3) is 0.304. The van der Waals surface area contributed by atoms with E-state index in [4.69, 9.17) is 17.0 Å². The van der Waals surface area contributed by atoms with Gasteiger partial charge in [0.1, 0.15) is 0 Å². The highest BCUT2D eigenvalue weighted by atomic mass is 32.1. The third kappa shape index (κ3) is 9.86. The summed E-state index contributed by atoms with van der Waals surface area (Å²) in [4.78, 5) is 35.7. The minimum absolute atomic E-state index is 0.0190. The van der Waals surface area contributed by atoms with E-state index >= 15 is 0 Å². The molecule has 2 amide bonds. The van der Waals surface area contributed by atoms with Crippen LogP contribution in [0.25, 0.3) is 0 Å². The molecule has 0 aliphatic carbocycles. The molecule has 0 aliphatic rings. The van der Waals surface area contributed by atoms with Gasteiger partial charge in [0.05, 0.1) is 6.61 Å². The van der Waals surface area contributed by atoms with Crippen molar-refractivity contribution < 1.29 is 19.1 Å². The molecule has 0 heterocycles. The second kappa shape index (κ2) is 13.1. The predicted molar refractivity (Wildman–Crippen MR) is 122 cm³/mol. The van der Waals surface area contributed by atoms with Crippen molar-refractivity contribution in [2.45, 2.75) is 39.0 Å². The summed E-state index contributed by atoms with van der Waals surface area (Å²) in [5.41, 5.74) is 7.55. The first-order valence-electron chi connectivity index (χ1n) is 10.1. The van der Waals surface area contributed by atoms with Gasteiger partial charge < -0.3 is 10.1 Å². The lowest BCUT2D eigenvalue weighted by Gasteiger charge is -2.11. The fourth-order valence-corrected chi connectivity index (χ4v) is 2.93. The Labute approximate surface area is 187 Å². The average molecular weight is 442 g/mol. The molecular weight excluding hydrogens is 414 g/mol. The first kappa shape index (κ1) is 24.0. The van der Waals surface area contributed by atoms with Crippen LogP contribution in [0.1, 0.15) is 47.2 Å². The van der Waals surface area contributed by atoms with Crippen molar-refractivity contribution >= 4 is 35.1 Å². The Bertz CT molecular complexity index is 903. The van der Waals surface area contributed by atoms with Crippen molar-refractivity contribution in [3.05, 3.63) is 71.3 Å². The maximum atomic E-state index is 12.0. The van der Waals surface area contributed by atoms with Gasteiger partial charge in [-0.05, 0) is 56.1 Å². The summed E-state index contributed by atoms with van der Waals surface area (Å²) in [6.07, 6.45) is 2.23. The topological polar surface area (TPSA) is 96.5 Å². The van der Waals surface area contributed by atoms with Gasteiger partial charge >= 0.3 is 5.97 Å². The van der Waals surface area contributed by atoms with Gasteiger partial charge in [0.15, 0.2) is 5.11 Å². The van der Waals surface area contributed by atoms with E-state index < -0.39 is 0 Å². The van der Waals surface area contributed by atoms with Crippen LogP contribution >= 0.6 is 12.2 Å². The molecule has 0 aliphatic heterocycles. The number of thiocarbonyl (C=S) groups is 1. The van der Waals surface area contributed by atoms with E-state index in [2.05, 4.69) is 16.2 Å². The van der Waals surface area contributed by atoms with Crippen LogP contribution < -0.4 is 16.2 Å². The maximum absolute atomic E-state index is 12.0. The zero-order valence-corrected chi connectivity index (χ0v) is 18.3. The summed E-state index contributed by atoms with van der Waals surface area (Å²) >= 11 is 4.99. The number of carbonyl (C=O) groups excluding carboxylic acids is 3. The molecule has 0 aromatic heterocycles. The number of carbonyl (C=O) groups is 3. The highest BCUT2D eigenvalue weighted by Gasteiger charge is 2.09. The standard InChI is InChI=1S/C23H27N3O4S/c1-17-8-5-12-19(16-17)22(29)25-26-23(31)24-20(27)13-6-14-21(28)30-15-7-11-18-9-3-2-4-10-18/h2-5,8-10,12,16H,6-7,11,13-15H2,1H3,(H,25,29)(H2,24,26,27,31). The van der Waals surface area contributed by atoms with E-state index in [9.17, 15) is 14.4 Å². The number of esters is 1. The van der Waals surface area contributed by atoms with E-state index in [-0.39, 0.29) is 35.7 Å². The summed E-state index contributed by atoms with van der Waals surface area (Å²) in [5.74, 6) is -1.04. The molecule has 0 unspecified atom stereocenters. The molecule has 0 fully saturated rings. The first-order valence-corrected chi connectivity index (χ1v) is 10.5. The van der Waals surface area contributed by atoms with Gasteiger partial charge in [-0.15, -0.1) is 0 Å². The van der Waals surface area contributed by atoms with Gasteiger partial charge in [-0.3, -0.25) is 25.2 Å².